The molecule has 3 N–H and O–H groups in total. The Morgan fingerprint density at radius 2 is 2.04 bits per heavy atom. The van der Waals surface area contributed by atoms with Gasteiger partial charge in [0, 0.05) is 32.4 Å². The average Bonchev–Trinajstić information content (AvgIpc) is 3.38. The summed E-state index contributed by atoms with van der Waals surface area (Å²) >= 11 is 0. The first-order valence-electron chi connectivity index (χ1n) is 9.55. The number of aromatic nitrogens is 6. The van der Waals surface area contributed by atoms with E-state index in [0.717, 1.165) is 48.6 Å². The van der Waals surface area contributed by atoms with Crippen LogP contribution in [0.2, 0.25) is 0 Å². The van der Waals surface area contributed by atoms with Gasteiger partial charge < -0.3 is 15.2 Å². The molecule has 1 unspecified atom stereocenters. The summed E-state index contributed by atoms with van der Waals surface area (Å²) in [4.78, 5) is 30.6. The standard InChI is InChI=1S/C18H23N9O/c1-10-21-15-14(3-4-19-15)16(22-10)23-13-5-11-7-27(8-12(11)6-13)18(28)24-17-20-9-26(2)25-17/h3-4,9,11-13H,5-8H2,1-2H3,(H,24,25,28)(H2,19,21,22,23)/t11-,12+,13?. The maximum Gasteiger partial charge on any atom is 0.324 e. The minimum absolute atomic E-state index is 0.120. The molecule has 1 saturated heterocycles. The maximum atomic E-state index is 12.5. The van der Waals surface area contributed by atoms with Crippen molar-refractivity contribution < 1.29 is 4.79 Å². The minimum atomic E-state index is -0.120. The molecule has 2 amide bonds. The highest BCUT2D eigenvalue weighted by atomic mass is 16.2. The van der Waals surface area contributed by atoms with Crippen molar-refractivity contribution in [2.45, 2.75) is 25.8 Å². The van der Waals surface area contributed by atoms with Gasteiger partial charge in [-0.15, -0.1) is 5.10 Å². The number of rotatable bonds is 3. The molecule has 2 fully saturated rings. The molecule has 5 rings (SSSR count). The summed E-state index contributed by atoms with van der Waals surface area (Å²) < 4.78 is 1.57. The normalized spacial score (nSPS) is 23.9. The number of carbonyl (C=O) groups is 1. The Bertz CT molecular complexity index is 1010. The summed E-state index contributed by atoms with van der Waals surface area (Å²) in [6.45, 7) is 3.44. The quantitative estimate of drug-likeness (QED) is 0.636. The van der Waals surface area contributed by atoms with Crippen LogP contribution in [0.1, 0.15) is 18.7 Å². The van der Waals surface area contributed by atoms with Crippen LogP contribution >= 0.6 is 0 Å². The molecule has 3 atom stereocenters. The van der Waals surface area contributed by atoms with Crippen LogP contribution in [0.15, 0.2) is 18.6 Å². The van der Waals surface area contributed by atoms with Crippen molar-refractivity contribution in [3.05, 3.63) is 24.4 Å². The Morgan fingerprint density at radius 3 is 2.75 bits per heavy atom. The van der Waals surface area contributed by atoms with E-state index in [4.69, 9.17) is 0 Å². The number of aromatic amines is 1. The number of hydrogen-bond acceptors (Lipinski definition) is 6. The second-order valence-electron chi connectivity index (χ2n) is 7.77. The fourth-order valence-corrected chi connectivity index (χ4v) is 4.51. The third kappa shape index (κ3) is 3.04. The molecule has 4 heterocycles. The molecule has 146 valence electrons. The second kappa shape index (κ2) is 6.47. The summed E-state index contributed by atoms with van der Waals surface area (Å²) in [6.07, 6.45) is 5.53. The molecule has 10 heteroatoms. The number of fused-ring (bicyclic) bond motifs is 2. The van der Waals surface area contributed by atoms with E-state index in [1.165, 1.54) is 0 Å². The van der Waals surface area contributed by atoms with Gasteiger partial charge in [0.05, 0.1) is 5.39 Å². The fraction of sp³-hybridized carbons (Fsp3) is 0.500. The number of anilines is 2. The molecule has 0 spiro atoms. The first kappa shape index (κ1) is 17.0. The van der Waals surface area contributed by atoms with Crippen LogP contribution in [0.25, 0.3) is 11.0 Å². The molecule has 3 aromatic heterocycles. The van der Waals surface area contributed by atoms with Crippen LogP contribution in [0.3, 0.4) is 0 Å². The summed E-state index contributed by atoms with van der Waals surface area (Å²) in [5, 5.41) is 11.5. The van der Waals surface area contributed by atoms with Crippen LogP contribution < -0.4 is 10.6 Å². The monoisotopic (exact) mass is 381 g/mol. The lowest BCUT2D eigenvalue weighted by atomic mass is 10.0. The number of amides is 2. The zero-order valence-corrected chi connectivity index (χ0v) is 15.9. The SMILES string of the molecule is Cc1nc(NC2C[C@@H]3CN(C(=O)Nc4ncn(C)n4)C[C@@H]3C2)c2cc[nH]c2n1. The Kier molecular flexibility index (Phi) is 3.92. The van der Waals surface area contributed by atoms with Gasteiger partial charge in [0.25, 0.3) is 0 Å². The second-order valence-corrected chi connectivity index (χ2v) is 7.77. The van der Waals surface area contributed by atoms with Gasteiger partial charge in [0.1, 0.15) is 23.6 Å². The lowest BCUT2D eigenvalue weighted by Crippen LogP contribution is -2.35. The van der Waals surface area contributed by atoms with Crippen LogP contribution in [-0.2, 0) is 7.05 Å². The van der Waals surface area contributed by atoms with E-state index < -0.39 is 0 Å². The molecule has 1 saturated carbocycles. The molecule has 1 aliphatic heterocycles. The predicted molar refractivity (Wildman–Crippen MR) is 104 cm³/mol. The highest BCUT2D eigenvalue weighted by Crippen LogP contribution is 2.39. The lowest BCUT2D eigenvalue weighted by molar-refractivity contribution is 0.218. The van der Waals surface area contributed by atoms with Crippen molar-refractivity contribution >= 4 is 28.8 Å². The first-order chi connectivity index (χ1) is 13.5. The van der Waals surface area contributed by atoms with E-state index in [-0.39, 0.29) is 6.03 Å². The third-order valence-corrected chi connectivity index (χ3v) is 5.72. The fourth-order valence-electron chi connectivity index (χ4n) is 4.51. The zero-order chi connectivity index (χ0) is 19.3. The Morgan fingerprint density at radius 1 is 1.25 bits per heavy atom. The number of carbonyl (C=O) groups excluding carboxylic acids is 1. The largest absolute Gasteiger partial charge is 0.367 e. The molecule has 10 nitrogen and oxygen atoms in total. The van der Waals surface area contributed by atoms with Crippen molar-refractivity contribution in [2.75, 3.05) is 23.7 Å². The first-order valence-corrected chi connectivity index (χ1v) is 9.55. The van der Waals surface area contributed by atoms with Gasteiger partial charge in [0.15, 0.2) is 0 Å². The van der Waals surface area contributed by atoms with E-state index in [1.54, 1.807) is 18.1 Å². The number of likely N-dealkylation sites (tertiary alicyclic amines) is 1. The average molecular weight is 381 g/mol. The molecule has 0 bridgehead atoms. The summed E-state index contributed by atoms with van der Waals surface area (Å²) in [5.74, 6) is 3.00. The molecule has 0 radical (unpaired) electrons. The maximum absolute atomic E-state index is 12.5. The van der Waals surface area contributed by atoms with Gasteiger partial charge in [-0.25, -0.2) is 19.7 Å². The molecule has 3 aromatic rings. The summed E-state index contributed by atoms with van der Waals surface area (Å²) in [7, 11) is 1.77. The highest BCUT2D eigenvalue weighted by Gasteiger charge is 2.42. The van der Waals surface area contributed by atoms with Gasteiger partial charge in [-0.2, -0.15) is 0 Å². The summed E-state index contributed by atoms with van der Waals surface area (Å²) in [5.41, 5.74) is 0.860. The molecule has 1 aliphatic carbocycles. The summed E-state index contributed by atoms with van der Waals surface area (Å²) in [6, 6.07) is 2.25. The number of aryl methyl sites for hydroxylation is 2. The minimum Gasteiger partial charge on any atom is -0.367 e. The van der Waals surface area contributed by atoms with Gasteiger partial charge >= 0.3 is 6.03 Å². The van der Waals surface area contributed by atoms with Crippen LogP contribution in [0.5, 0.6) is 0 Å². The molecule has 2 aliphatic rings. The molecular weight excluding hydrogens is 358 g/mol. The van der Waals surface area contributed by atoms with E-state index in [1.807, 2.05) is 24.1 Å². The number of H-pyrrole nitrogens is 1. The number of urea groups is 1. The van der Waals surface area contributed by atoms with Gasteiger partial charge in [0.2, 0.25) is 5.95 Å². The Balaban J connectivity index is 1.21. The van der Waals surface area contributed by atoms with E-state index in [9.17, 15) is 4.79 Å². The number of hydrogen-bond donors (Lipinski definition) is 3. The predicted octanol–water partition coefficient (Wildman–Crippen LogP) is 1.75. The number of nitrogens with zero attached hydrogens (tertiary/aromatic N) is 6. The lowest BCUT2D eigenvalue weighted by Gasteiger charge is -2.20. The van der Waals surface area contributed by atoms with E-state index >= 15 is 0 Å². The van der Waals surface area contributed by atoms with Crippen molar-refractivity contribution in [3.63, 3.8) is 0 Å². The van der Waals surface area contributed by atoms with Crippen LogP contribution in [0.4, 0.5) is 16.6 Å². The number of nitrogens with one attached hydrogen (secondary N) is 3. The van der Waals surface area contributed by atoms with Gasteiger partial charge in [-0.1, -0.05) is 0 Å². The van der Waals surface area contributed by atoms with E-state index in [2.05, 4.69) is 35.7 Å². The van der Waals surface area contributed by atoms with Crippen LogP contribution in [-0.4, -0.2) is 59.8 Å². The third-order valence-electron chi connectivity index (χ3n) is 5.72. The van der Waals surface area contributed by atoms with Crippen LogP contribution in [0, 0.1) is 18.8 Å². The van der Waals surface area contributed by atoms with Gasteiger partial charge in [-0.05, 0) is 37.7 Å². The van der Waals surface area contributed by atoms with E-state index in [0.29, 0.717) is 23.8 Å². The topological polar surface area (TPSA) is 117 Å². The molecule has 0 aromatic carbocycles. The molecule has 28 heavy (non-hydrogen) atoms. The van der Waals surface area contributed by atoms with Crippen molar-refractivity contribution in [1.82, 2.24) is 34.6 Å². The van der Waals surface area contributed by atoms with Crippen molar-refractivity contribution in [3.8, 4) is 0 Å². The van der Waals surface area contributed by atoms with Crippen molar-refractivity contribution in [1.29, 1.82) is 0 Å². The van der Waals surface area contributed by atoms with Gasteiger partial charge in [-0.3, -0.25) is 10.00 Å². The smallest absolute Gasteiger partial charge is 0.324 e. The zero-order valence-electron chi connectivity index (χ0n) is 15.9. The Labute approximate surface area is 161 Å². The molecular formula is C18H23N9O. The van der Waals surface area contributed by atoms with Crippen molar-refractivity contribution in [2.24, 2.45) is 18.9 Å². The Hall–Kier alpha value is -3.17. The highest BCUT2D eigenvalue weighted by molar-refractivity contribution is 5.88.